The maximum Gasteiger partial charge on any atom is 0.309 e. The molecule has 2 fully saturated rings. The number of nitrogens with zero attached hydrogens (tertiary/aromatic N) is 1. The number of rotatable bonds is 5. The molecule has 0 spiro atoms. The molecule has 2 aliphatic rings. The first-order valence-electron chi connectivity index (χ1n) is 7.48. The number of aliphatic carboxylic acids is 1. The highest BCUT2D eigenvalue weighted by molar-refractivity contribution is 5.76. The third-order valence-electron chi connectivity index (χ3n) is 5.43. The van der Waals surface area contributed by atoms with Crippen LogP contribution in [0, 0.1) is 27.4 Å². The molecule has 2 aliphatic carbocycles. The number of benzene rings is 1. The van der Waals surface area contributed by atoms with Gasteiger partial charge in [-0.3, -0.25) is 14.9 Å². The van der Waals surface area contributed by atoms with Crippen LogP contribution in [0.1, 0.15) is 37.7 Å². The molecule has 5 nitrogen and oxygen atoms in total. The number of carboxylic acid groups (broad SMARTS) is 1. The fourth-order valence-electron chi connectivity index (χ4n) is 4.38. The Hall–Kier alpha value is -1.91. The summed E-state index contributed by atoms with van der Waals surface area (Å²) in [5.74, 6) is 0.0768. The zero-order chi connectivity index (χ0) is 15.0. The van der Waals surface area contributed by atoms with Crippen molar-refractivity contribution < 1.29 is 14.8 Å². The predicted octanol–water partition coefficient (Wildman–Crippen LogP) is 3.42. The lowest BCUT2D eigenvalue weighted by Gasteiger charge is -2.33. The van der Waals surface area contributed by atoms with E-state index in [1.54, 1.807) is 18.2 Å². The lowest BCUT2D eigenvalue weighted by Crippen LogP contribution is -2.37. The number of hydrogen-bond donors (Lipinski definition) is 1. The highest BCUT2D eigenvalue weighted by atomic mass is 16.6. The molecule has 1 N–H and O–H groups in total. The molecule has 3 rings (SSSR count). The largest absolute Gasteiger partial charge is 0.481 e. The summed E-state index contributed by atoms with van der Waals surface area (Å²) in [5, 5.41) is 20.8. The zero-order valence-corrected chi connectivity index (χ0v) is 11.8. The molecule has 0 aliphatic heterocycles. The molecule has 2 bridgehead atoms. The van der Waals surface area contributed by atoms with Gasteiger partial charge in [0.15, 0.2) is 0 Å². The van der Waals surface area contributed by atoms with Gasteiger partial charge in [-0.25, -0.2) is 0 Å². The Labute approximate surface area is 123 Å². The Kier molecular flexibility index (Phi) is 3.43. The Balaban J connectivity index is 1.80. The summed E-state index contributed by atoms with van der Waals surface area (Å²) in [6.45, 7) is 0. The standard InChI is InChI=1S/C16H19NO4/c18-15(19)16(10-11-5-6-13(16)9-11)8-7-12-3-1-2-4-14(12)17(20)21/h1-4,11,13H,5-10H2,(H,18,19). The van der Waals surface area contributed by atoms with Crippen LogP contribution in [0.4, 0.5) is 5.69 Å². The number of para-hydroxylation sites is 1. The zero-order valence-electron chi connectivity index (χ0n) is 11.8. The Bertz CT molecular complexity index is 585. The molecular weight excluding hydrogens is 270 g/mol. The van der Waals surface area contributed by atoms with Crippen molar-refractivity contribution in [2.24, 2.45) is 17.3 Å². The van der Waals surface area contributed by atoms with E-state index in [-0.39, 0.29) is 16.5 Å². The molecule has 0 aromatic heterocycles. The number of nitro groups is 1. The van der Waals surface area contributed by atoms with E-state index in [0.29, 0.717) is 24.3 Å². The monoisotopic (exact) mass is 289 g/mol. The molecule has 0 heterocycles. The first-order valence-corrected chi connectivity index (χ1v) is 7.48. The second-order valence-electron chi connectivity index (χ2n) is 6.43. The van der Waals surface area contributed by atoms with Gasteiger partial charge in [0.25, 0.3) is 5.69 Å². The van der Waals surface area contributed by atoms with Gasteiger partial charge in [-0.2, -0.15) is 0 Å². The molecule has 1 aromatic rings. The van der Waals surface area contributed by atoms with E-state index in [1.807, 2.05) is 0 Å². The summed E-state index contributed by atoms with van der Waals surface area (Å²) < 4.78 is 0. The fourth-order valence-corrected chi connectivity index (χ4v) is 4.38. The number of hydrogen-bond acceptors (Lipinski definition) is 3. The number of carboxylic acids is 1. The molecule has 0 radical (unpaired) electrons. The molecule has 112 valence electrons. The smallest absolute Gasteiger partial charge is 0.309 e. The van der Waals surface area contributed by atoms with Crippen LogP contribution < -0.4 is 0 Å². The summed E-state index contributed by atoms with van der Waals surface area (Å²) in [6.07, 6.45) is 4.87. The minimum atomic E-state index is -0.715. The summed E-state index contributed by atoms with van der Waals surface area (Å²) in [4.78, 5) is 22.5. The third-order valence-corrected chi connectivity index (χ3v) is 5.43. The van der Waals surface area contributed by atoms with Crippen LogP contribution in [0.5, 0.6) is 0 Å². The van der Waals surface area contributed by atoms with Crippen molar-refractivity contribution in [3.63, 3.8) is 0 Å². The number of nitro benzene ring substituents is 1. The van der Waals surface area contributed by atoms with Crippen LogP contribution in [0.2, 0.25) is 0 Å². The van der Waals surface area contributed by atoms with E-state index in [9.17, 15) is 20.0 Å². The average Bonchev–Trinajstić information content (AvgIpc) is 3.06. The minimum absolute atomic E-state index is 0.0983. The van der Waals surface area contributed by atoms with Gasteiger partial charge in [0.05, 0.1) is 10.3 Å². The van der Waals surface area contributed by atoms with Crippen LogP contribution >= 0.6 is 0 Å². The van der Waals surface area contributed by atoms with Gasteiger partial charge in [0.1, 0.15) is 0 Å². The first kappa shape index (κ1) is 14.0. The molecule has 21 heavy (non-hydrogen) atoms. The molecule has 0 saturated heterocycles. The minimum Gasteiger partial charge on any atom is -0.481 e. The van der Waals surface area contributed by atoms with Crippen LogP contribution in [0.3, 0.4) is 0 Å². The SMILES string of the molecule is O=C(O)C1(CCc2ccccc2[N+](=O)[O-])CC2CCC1C2. The summed E-state index contributed by atoms with van der Waals surface area (Å²) >= 11 is 0. The van der Waals surface area contributed by atoms with E-state index < -0.39 is 11.4 Å². The van der Waals surface area contributed by atoms with Gasteiger partial charge in [-0.15, -0.1) is 0 Å². The van der Waals surface area contributed by atoms with Gasteiger partial charge >= 0.3 is 5.97 Å². The van der Waals surface area contributed by atoms with E-state index in [2.05, 4.69) is 0 Å². The summed E-state index contributed by atoms with van der Waals surface area (Å²) in [7, 11) is 0. The molecule has 1 aromatic carbocycles. The lowest BCUT2D eigenvalue weighted by atomic mass is 9.69. The molecular formula is C16H19NO4. The Morgan fingerprint density at radius 1 is 1.38 bits per heavy atom. The van der Waals surface area contributed by atoms with Gasteiger partial charge in [0, 0.05) is 11.6 Å². The van der Waals surface area contributed by atoms with Gasteiger partial charge in [-0.1, -0.05) is 24.6 Å². The van der Waals surface area contributed by atoms with Gasteiger partial charge in [-0.05, 0) is 43.9 Å². The van der Waals surface area contributed by atoms with Crippen molar-refractivity contribution in [1.29, 1.82) is 0 Å². The third kappa shape index (κ3) is 2.30. The van der Waals surface area contributed by atoms with Crippen LogP contribution in [-0.2, 0) is 11.2 Å². The maximum absolute atomic E-state index is 11.8. The van der Waals surface area contributed by atoms with Gasteiger partial charge in [0.2, 0.25) is 0 Å². The van der Waals surface area contributed by atoms with Crippen molar-refractivity contribution in [2.75, 3.05) is 0 Å². The summed E-state index contributed by atoms with van der Waals surface area (Å²) in [5.41, 5.74) is 0.0826. The first-order chi connectivity index (χ1) is 10.0. The van der Waals surface area contributed by atoms with Crippen molar-refractivity contribution in [3.05, 3.63) is 39.9 Å². The van der Waals surface area contributed by atoms with Crippen molar-refractivity contribution in [2.45, 2.75) is 38.5 Å². The summed E-state index contributed by atoms with van der Waals surface area (Å²) in [6, 6.07) is 6.65. The van der Waals surface area contributed by atoms with Crippen molar-refractivity contribution in [3.8, 4) is 0 Å². The van der Waals surface area contributed by atoms with Crippen LogP contribution in [0.25, 0.3) is 0 Å². The molecule has 3 unspecified atom stereocenters. The lowest BCUT2D eigenvalue weighted by molar-refractivity contribution is -0.385. The molecule has 0 amide bonds. The van der Waals surface area contributed by atoms with Gasteiger partial charge < -0.3 is 5.11 Å². The quantitative estimate of drug-likeness (QED) is 0.665. The van der Waals surface area contributed by atoms with E-state index >= 15 is 0 Å². The van der Waals surface area contributed by atoms with E-state index in [4.69, 9.17) is 0 Å². The van der Waals surface area contributed by atoms with Crippen LogP contribution in [-0.4, -0.2) is 16.0 Å². The highest BCUT2D eigenvalue weighted by Gasteiger charge is 2.55. The molecule has 3 atom stereocenters. The second kappa shape index (κ2) is 5.13. The molecule has 2 saturated carbocycles. The van der Waals surface area contributed by atoms with E-state index in [1.165, 1.54) is 6.07 Å². The van der Waals surface area contributed by atoms with Crippen LogP contribution in [0.15, 0.2) is 24.3 Å². The number of aryl methyl sites for hydroxylation is 1. The van der Waals surface area contributed by atoms with Crippen molar-refractivity contribution in [1.82, 2.24) is 0 Å². The number of carbonyl (C=O) groups is 1. The maximum atomic E-state index is 11.8. The van der Waals surface area contributed by atoms with E-state index in [0.717, 1.165) is 25.7 Å². The molecule has 5 heteroatoms. The van der Waals surface area contributed by atoms with Crippen molar-refractivity contribution >= 4 is 11.7 Å². The Morgan fingerprint density at radius 3 is 2.71 bits per heavy atom. The Morgan fingerprint density at radius 2 is 2.14 bits per heavy atom. The average molecular weight is 289 g/mol. The number of fused-ring (bicyclic) bond motifs is 2. The topological polar surface area (TPSA) is 80.4 Å². The fraction of sp³-hybridized carbons (Fsp3) is 0.562. The predicted molar refractivity (Wildman–Crippen MR) is 76.9 cm³/mol. The normalized spacial score (nSPS) is 30.5. The highest BCUT2D eigenvalue weighted by Crippen LogP contribution is 2.58. The second-order valence-corrected chi connectivity index (χ2v) is 6.43.